The number of hydrogen-bond donors (Lipinski definition) is 2. The summed E-state index contributed by atoms with van der Waals surface area (Å²) in [6.07, 6.45) is 2.62. The number of amides is 2. The largest absolute Gasteiger partial charge is 0.340 e. The number of carbonyl (C=O) groups is 2. The number of sulfone groups is 1. The van der Waals surface area contributed by atoms with Crippen LogP contribution in [0.2, 0.25) is 0 Å². The third kappa shape index (κ3) is 7.26. The van der Waals surface area contributed by atoms with Crippen LogP contribution in [-0.4, -0.2) is 43.3 Å². The summed E-state index contributed by atoms with van der Waals surface area (Å²) in [6.45, 7) is 8.09. The van der Waals surface area contributed by atoms with Gasteiger partial charge in [0.1, 0.15) is 21.7 Å². The molecule has 0 aliphatic heterocycles. The number of carbonyl (C=O) groups excluding carboxylic acids is 2. The molecule has 0 aliphatic carbocycles. The van der Waals surface area contributed by atoms with Crippen LogP contribution < -0.4 is 10.6 Å². The van der Waals surface area contributed by atoms with Gasteiger partial charge in [-0.3, -0.25) is 9.59 Å². The van der Waals surface area contributed by atoms with Crippen LogP contribution >= 0.6 is 0 Å². The monoisotopic (exact) mass is 431 g/mol. The molecule has 1 heterocycles. The minimum atomic E-state index is -3.30. The number of pyridine rings is 1. The fraction of sp³-hybridized carbons (Fsp3) is 0.409. The van der Waals surface area contributed by atoms with Crippen molar-refractivity contribution in [1.29, 1.82) is 0 Å². The molecule has 2 rings (SSSR count). The van der Waals surface area contributed by atoms with E-state index < -0.39 is 27.7 Å². The molecule has 0 fully saturated rings. The molecule has 8 heteroatoms. The molecule has 0 radical (unpaired) electrons. The van der Waals surface area contributed by atoms with Gasteiger partial charge in [0.25, 0.3) is 5.91 Å². The maximum atomic E-state index is 12.7. The van der Waals surface area contributed by atoms with Crippen molar-refractivity contribution in [1.82, 2.24) is 10.3 Å². The van der Waals surface area contributed by atoms with Gasteiger partial charge in [-0.05, 0) is 54.2 Å². The molecule has 30 heavy (non-hydrogen) atoms. The highest BCUT2D eigenvalue weighted by atomic mass is 32.2. The van der Waals surface area contributed by atoms with E-state index in [0.29, 0.717) is 11.4 Å². The average Bonchev–Trinajstić information content (AvgIpc) is 2.63. The van der Waals surface area contributed by atoms with Crippen LogP contribution in [0.15, 0.2) is 42.6 Å². The second-order valence-corrected chi connectivity index (χ2v) is 10.7. The molecule has 1 atom stereocenters. The summed E-state index contributed by atoms with van der Waals surface area (Å²) in [5.41, 5.74) is 2.34. The van der Waals surface area contributed by atoms with E-state index in [1.807, 2.05) is 19.1 Å². The van der Waals surface area contributed by atoms with Gasteiger partial charge >= 0.3 is 0 Å². The molecule has 0 bridgehead atoms. The molecular weight excluding hydrogens is 402 g/mol. The predicted octanol–water partition coefficient (Wildman–Crippen LogP) is 2.86. The Labute approximate surface area is 178 Å². The van der Waals surface area contributed by atoms with Gasteiger partial charge in [-0.1, -0.05) is 32.9 Å². The number of nitrogens with one attached hydrogen (secondary N) is 2. The smallest absolute Gasteiger partial charge is 0.251 e. The van der Waals surface area contributed by atoms with Gasteiger partial charge in [-0.15, -0.1) is 0 Å². The number of aromatic nitrogens is 1. The van der Waals surface area contributed by atoms with E-state index in [2.05, 4.69) is 36.4 Å². The lowest BCUT2D eigenvalue weighted by molar-refractivity contribution is -0.118. The number of anilines is 1. The van der Waals surface area contributed by atoms with Crippen LogP contribution in [0.1, 0.15) is 48.7 Å². The lowest BCUT2D eigenvalue weighted by Gasteiger charge is -2.20. The molecule has 0 spiro atoms. The van der Waals surface area contributed by atoms with Crippen LogP contribution in [0.25, 0.3) is 0 Å². The Balaban J connectivity index is 2.17. The molecule has 7 nitrogen and oxygen atoms in total. The Hall–Kier alpha value is -2.74. The van der Waals surface area contributed by atoms with Crippen LogP contribution in [0.3, 0.4) is 0 Å². The highest BCUT2D eigenvalue weighted by molar-refractivity contribution is 7.90. The van der Waals surface area contributed by atoms with E-state index in [1.165, 1.54) is 0 Å². The van der Waals surface area contributed by atoms with E-state index in [-0.39, 0.29) is 17.6 Å². The van der Waals surface area contributed by atoms with Gasteiger partial charge in [-0.2, -0.15) is 0 Å². The summed E-state index contributed by atoms with van der Waals surface area (Å²) >= 11 is 0. The summed E-state index contributed by atoms with van der Waals surface area (Å²) in [4.78, 5) is 29.5. The average molecular weight is 432 g/mol. The molecule has 162 valence electrons. The molecule has 2 amide bonds. The zero-order valence-corrected chi connectivity index (χ0v) is 18.8. The van der Waals surface area contributed by atoms with Crippen molar-refractivity contribution >= 4 is 27.5 Å². The van der Waals surface area contributed by atoms with E-state index in [1.54, 1.807) is 30.5 Å². The number of hydrogen-bond acceptors (Lipinski definition) is 5. The standard InChI is InChI=1S/C22H29N3O4S/c1-15-10-12-23-19(14-15)25-21(27)18(11-13-30(5,28)29)24-20(26)16-6-8-17(9-7-16)22(2,3)4/h6-10,12,14,18H,11,13H2,1-5H3,(H,24,26)(H,23,25,27)/t18-/m1/s1. The quantitative estimate of drug-likeness (QED) is 0.701. The molecule has 2 N–H and O–H groups in total. The first-order chi connectivity index (χ1) is 13.8. The normalized spacial score (nSPS) is 12.8. The third-order valence-electron chi connectivity index (χ3n) is 4.58. The van der Waals surface area contributed by atoms with Gasteiger partial charge in [-0.25, -0.2) is 13.4 Å². The molecule has 0 aliphatic rings. The van der Waals surface area contributed by atoms with Gasteiger partial charge < -0.3 is 10.6 Å². The van der Waals surface area contributed by atoms with Gasteiger partial charge in [0.15, 0.2) is 0 Å². The number of nitrogens with zero attached hydrogens (tertiary/aromatic N) is 1. The zero-order valence-electron chi connectivity index (χ0n) is 18.0. The first-order valence-corrected chi connectivity index (χ1v) is 11.7. The second-order valence-electron chi connectivity index (χ2n) is 8.48. The van der Waals surface area contributed by atoms with E-state index in [0.717, 1.165) is 17.4 Å². The van der Waals surface area contributed by atoms with Crippen molar-refractivity contribution in [2.45, 2.75) is 45.6 Å². The van der Waals surface area contributed by atoms with Crippen molar-refractivity contribution in [2.24, 2.45) is 0 Å². The lowest BCUT2D eigenvalue weighted by Crippen LogP contribution is -2.45. The summed E-state index contributed by atoms with van der Waals surface area (Å²) < 4.78 is 23.2. The van der Waals surface area contributed by atoms with Gasteiger partial charge in [0, 0.05) is 18.0 Å². The molecule has 0 saturated heterocycles. The van der Waals surface area contributed by atoms with E-state index >= 15 is 0 Å². The first kappa shape index (κ1) is 23.5. The van der Waals surface area contributed by atoms with Crippen LogP contribution in [0.5, 0.6) is 0 Å². The fourth-order valence-corrected chi connectivity index (χ4v) is 3.45. The molecule has 2 aromatic rings. The van der Waals surface area contributed by atoms with Crippen LogP contribution in [0, 0.1) is 6.92 Å². The Morgan fingerprint density at radius 3 is 2.27 bits per heavy atom. The van der Waals surface area contributed by atoms with Crippen molar-refractivity contribution in [3.05, 3.63) is 59.3 Å². The minimum absolute atomic E-state index is 0.0394. The first-order valence-electron chi connectivity index (χ1n) is 9.68. The Morgan fingerprint density at radius 1 is 1.10 bits per heavy atom. The van der Waals surface area contributed by atoms with E-state index in [4.69, 9.17) is 0 Å². The predicted molar refractivity (Wildman–Crippen MR) is 118 cm³/mol. The Morgan fingerprint density at radius 2 is 1.73 bits per heavy atom. The van der Waals surface area contributed by atoms with Gasteiger partial charge in [0.2, 0.25) is 5.91 Å². The van der Waals surface area contributed by atoms with Crippen molar-refractivity contribution < 1.29 is 18.0 Å². The maximum absolute atomic E-state index is 12.7. The van der Waals surface area contributed by atoms with Crippen molar-refractivity contribution in [3.8, 4) is 0 Å². The molecule has 1 aromatic heterocycles. The number of aryl methyl sites for hydroxylation is 1. The zero-order chi connectivity index (χ0) is 22.5. The molecule has 1 aromatic carbocycles. The molecule has 0 saturated carbocycles. The highest BCUT2D eigenvalue weighted by Crippen LogP contribution is 2.22. The Kier molecular flexibility index (Phi) is 7.36. The third-order valence-corrected chi connectivity index (χ3v) is 5.56. The fourth-order valence-electron chi connectivity index (χ4n) is 2.78. The summed E-state index contributed by atoms with van der Waals surface area (Å²) in [5, 5.41) is 5.30. The molecule has 0 unspecified atom stereocenters. The minimum Gasteiger partial charge on any atom is -0.340 e. The summed E-state index contributed by atoms with van der Waals surface area (Å²) in [7, 11) is -3.30. The number of benzene rings is 1. The highest BCUT2D eigenvalue weighted by Gasteiger charge is 2.24. The topological polar surface area (TPSA) is 105 Å². The lowest BCUT2D eigenvalue weighted by atomic mass is 9.86. The van der Waals surface area contributed by atoms with Crippen LogP contribution in [0.4, 0.5) is 5.82 Å². The summed E-state index contributed by atoms with van der Waals surface area (Å²) in [6, 6.07) is 9.61. The summed E-state index contributed by atoms with van der Waals surface area (Å²) in [5.74, 6) is -0.846. The van der Waals surface area contributed by atoms with Gasteiger partial charge in [0.05, 0.1) is 5.75 Å². The SMILES string of the molecule is Cc1ccnc(NC(=O)[C@@H](CCS(C)(=O)=O)NC(=O)c2ccc(C(C)(C)C)cc2)c1. The van der Waals surface area contributed by atoms with Crippen molar-refractivity contribution in [2.75, 3.05) is 17.3 Å². The molecular formula is C22H29N3O4S. The van der Waals surface area contributed by atoms with Crippen molar-refractivity contribution in [3.63, 3.8) is 0 Å². The van der Waals surface area contributed by atoms with Crippen LogP contribution in [-0.2, 0) is 20.0 Å². The maximum Gasteiger partial charge on any atom is 0.251 e. The van der Waals surface area contributed by atoms with E-state index in [9.17, 15) is 18.0 Å². The number of rotatable bonds is 7. The Bertz CT molecular complexity index is 1010. The second kappa shape index (κ2) is 9.38.